The van der Waals surface area contributed by atoms with Crippen molar-refractivity contribution >= 4 is 40.2 Å². The number of nitrogens with zero attached hydrogens (tertiary/aromatic N) is 2. The van der Waals surface area contributed by atoms with Gasteiger partial charge in [0.2, 0.25) is 0 Å². The number of amidine groups is 1. The van der Waals surface area contributed by atoms with E-state index in [2.05, 4.69) is 4.99 Å². The van der Waals surface area contributed by atoms with Crippen molar-refractivity contribution in [1.29, 1.82) is 0 Å². The Morgan fingerprint density at radius 1 is 1.05 bits per heavy atom. The first-order chi connectivity index (χ1) is 10.8. The molecule has 0 fully saturated rings. The third-order valence-corrected chi connectivity index (χ3v) is 4.70. The van der Waals surface area contributed by atoms with Crippen LogP contribution in [0.5, 0.6) is 0 Å². The lowest BCUT2D eigenvalue weighted by atomic mass is 10.0. The predicted molar refractivity (Wildman–Crippen MR) is 93.0 cm³/mol. The molecule has 0 saturated carbocycles. The zero-order valence-electron chi connectivity index (χ0n) is 11.9. The number of carbonyl (C=O) groups excluding carboxylic acids is 1. The van der Waals surface area contributed by atoms with E-state index in [0.717, 1.165) is 39.9 Å². The average molecular weight is 306 g/mol. The van der Waals surface area contributed by atoms with Gasteiger partial charge in [-0.05, 0) is 17.7 Å². The summed E-state index contributed by atoms with van der Waals surface area (Å²) < 4.78 is 0. The van der Waals surface area contributed by atoms with Crippen LogP contribution in [-0.2, 0) is 4.79 Å². The average Bonchev–Trinajstić information content (AvgIpc) is 3.16. The molecule has 0 unspecified atom stereocenters. The molecule has 3 nitrogen and oxygen atoms in total. The molecule has 108 valence electrons. The quantitative estimate of drug-likeness (QED) is 0.753. The molecular weight excluding hydrogens is 292 g/mol. The van der Waals surface area contributed by atoms with Crippen molar-refractivity contribution in [2.24, 2.45) is 4.99 Å². The van der Waals surface area contributed by atoms with Gasteiger partial charge >= 0.3 is 0 Å². The summed E-state index contributed by atoms with van der Waals surface area (Å²) in [5.41, 5.74) is 3.68. The number of anilines is 1. The largest absolute Gasteiger partial charge is 0.268 e. The molecule has 4 heteroatoms. The first-order valence-electron chi connectivity index (χ1n) is 7.22. The molecule has 0 aromatic heterocycles. The summed E-state index contributed by atoms with van der Waals surface area (Å²) >= 11 is 1.64. The van der Waals surface area contributed by atoms with Crippen molar-refractivity contribution in [3.05, 3.63) is 65.7 Å². The molecule has 2 aliphatic rings. The fraction of sp³-hybridized carbons (Fsp3) is 0.111. The molecule has 1 amide bonds. The Bertz CT molecular complexity index is 796. The number of amides is 1. The molecule has 0 bridgehead atoms. The maximum Gasteiger partial charge on any atom is 0.265 e. The topological polar surface area (TPSA) is 32.7 Å². The molecule has 0 atom stereocenters. The minimum Gasteiger partial charge on any atom is -0.268 e. The third-order valence-electron chi connectivity index (χ3n) is 3.74. The van der Waals surface area contributed by atoms with Gasteiger partial charge in [0.25, 0.3) is 5.91 Å². The van der Waals surface area contributed by atoms with Gasteiger partial charge in [-0.1, -0.05) is 60.3 Å². The van der Waals surface area contributed by atoms with Crippen molar-refractivity contribution in [1.82, 2.24) is 0 Å². The molecule has 0 spiro atoms. The minimum atomic E-state index is 0.0122. The minimum absolute atomic E-state index is 0.0122. The van der Waals surface area contributed by atoms with Gasteiger partial charge in [0.15, 0.2) is 5.17 Å². The summed E-state index contributed by atoms with van der Waals surface area (Å²) in [5.74, 6) is 0.956. The molecule has 2 aromatic carbocycles. The molecule has 0 radical (unpaired) electrons. The first kappa shape index (κ1) is 13.3. The number of aliphatic imine (C=N–C) groups is 1. The highest BCUT2D eigenvalue weighted by molar-refractivity contribution is 8.14. The standard InChI is InChI=1S/C18H14N2OS/c21-17-15(12-13-6-2-1-3-7-13)14-8-4-5-9-16(14)20(17)18-19-10-11-22-18/h1-9,12H,10-11H2. The van der Waals surface area contributed by atoms with E-state index in [0.29, 0.717) is 0 Å². The lowest BCUT2D eigenvalue weighted by Gasteiger charge is -2.15. The van der Waals surface area contributed by atoms with Crippen LogP contribution in [0.25, 0.3) is 11.6 Å². The fourth-order valence-electron chi connectivity index (χ4n) is 2.75. The summed E-state index contributed by atoms with van der Waals surface area (Å²) in [6, 6.07) is 17.9. The second-order valence-electron chi connectivity index (χ2n) is 5.14. The van der Waals surface area contributed by atoms with Crippen molar-refractivity contribution < 1.29 is 4.79 Å². The van der Waals surface area contributed by atoms with Crippen LogP contribution in [0.4, 0.5) is 5.69 Å². The molecule has 2 aliphatic heterocycles. The zero-order chi connectivity index (χ0) is 14.9. The zero-order valence-corrected chi connectivity index (χ0v) is 12.7. The number of hydrogen-bond donors (Lipinski definition) is 0. The Balaban J connectivity index is 1.84. The predicted octanol–water partition coefficient (Wildman–Crippen LogP) is 3.68. The van der Waals surface area contributed by atoms with Crippen LogP contribution in [0.1, 0.15) is 11.1 Å². The van der Waals surface area contributed by atoms with E-state index in [1.165, 1.54) is 0 Å². The molecule has 2 heterocycles. The van der Waals surface area contributed by atoms with Crippen molar-refractivity contribution in [3.63, 3.8) is 0 Å². The van der Waals surface area contributed by atoms with Gasteiger partial charge in [-0.15, -0.1) is 0 Å². The molecule has 2 aromatic rings. The van der Waals surface area contributed by atoms with Gasteiger partial charge in [-0.25, -0.2) is 0 Å². The number of para-hydroxylation sites is 1. The SMILES string of the molecule is O=C1C(=Cc2ccccc2)c2ccccc2N1C1=NCCS1. The second-order valence-corrected chi connectivity index (χ2v) is 6.20. The Hall–Kier alpha value is -2.33. The highest BCUT2D eigenvalue weighted by Gasteiger charge is 2.36. The number of fused-ring (bicyclic) bond motifs is 1. The second kappa shape index (κ2) is 5.46. The third kappa shape index (κ3) is 2.16. The van der Waals surface area contributed by atoms with Gasteiger partial charge in [0.1, 0.15) is 0 Å². The highest BCUT2D eigenvalue weighted by atomic mass is 32.2. The van der Waals surface area contributed by atoms with Crippen LogP contribution in [0.3, 0.4) is 0 Å². The number of benzene rings is 2. The van der Waals surface area contributed by atoms with Gasteiger partial charge in [-0.2, -0.15) is 0 Å². The van der Waals surface area contributed by atoms with Gasteiger partial charge in [0.05, 0.1) is 17.8 Å². The lowest BCUT2D eigenvalue weighted by molar-refractivity contribution is -0.112. The Kier molecular flexibility index (Phi) is 3.31. The normalized spacial score (nSPS) is 18.7. The van der Waals surface area contributed by atoms with Crippen molar-refractivity contribution in [2.45, 2.75) is 0 Å². The van der Waals surface area contributed by atoms with E-state index in [1.54, 1.807) is 16.7 Å². The molecular formula is C18H14N2OS. The van der Waals surface area contributed by atoms with Crippen LogP contribution >= 0.6 is 11.8 Å². The summed E-state index contributed by atoms with van der Waals surface area (Å²) in [5, 5.41) is 0.814. The van der Waals surface area contributed by atoms with E-state index in [9.17, 15) is 4.79 Å². The molecule has 0 aliphatic carbocycles. The van der Waals surface area contributed by atoms with E-state index in [1.807, 2.05) is 60.7 Å². The number of carbonyl (C=O) groups is 1. The van der Waals surface area contributed by atoms with E-state index < -0.39 is 0 Å². The Morgan fingerprint density at radius 3 is 2.59 bits per heavy atom. The smallest absolute Gasteiger partial charge is 0.265 e. The van der Waals surface area contributed by atoms with E-state index in [4.69, 9.17) is 0 Å². The number of thioether (sulfide) groups is 1. The lowest BCUT2D eigenvalue weighted by Crippen LogP contribution is -2.30. The van der Waals surface area contributed by atoms with E-state index >= 15 is 0 Å². The van der Waals surface area contributed by atoms with Crippen LogP contribution in [0.2, 0.25) is 0 Å². The number of hydrogen-bond acceptors (Lipinski definition) is 3. The van der Waals surface area contributed by atoms with Crippen molar-refractivity contribution in [3.8, 4) is 0 Å². The molecule has 0 saturated heterocycles. The maximum atomic E-state index is 12.9. The summed E-state index contributed by atoms with van der Waals surface area (Å²) in [4.78, 5) is 19.1. The van der Waals surface area contributed by atoms with Gasteiger partial charge < -0.3 is 0 Å². The maximum absolute atomic E-state index is 12.9. The molecule has 0 N–H and O–H groups in total. The monoisotopic (exact) mass is 306 g/mol. The fourth-order valence-corrected chi connectivity index (χ4v) is 3.60. The Labute approximate surface area is 133 Å². The number of rotatable bonds is 1. The summed E-state index contributed by atoms with van der Waals surface area (Å²) in [6.07, 6.45) is 1.96. The van der Waals surface area contributed by atoms with Crippen LogP contribution in [0.15, 0.2) is 59.6 Å². The summed E-state index contributed by atoms with van der Waals surface area (Å²) in [6.45, 7) is 0.781. The Morgan fingerprint density at radius 2 is 1.82 bits per heavy atom. The van der Waals surface area contributed by atoms with Crippen LogP contribution < -0.4 is 4.90 Å². The van der Waals surface area contributed by atoms with Crippen LogP contribution in [-0.4, -0.2) is 23.4 Å². The van der Waals surface area contributed by atoms with Gasteiger partial charge in [0, 0.05) is 11.3 Å². The highest BCUT2D eigenvalue weighted by Crippen LogP contribution is 2.39. The first-order valence-corrected chi connectivity index (χ1v) is 8.21. The molecule has 4 rings (SSSR count). The summed E-state index contributed by atoms with van der Waals surface area (Å²) in [7, 11) is 0. The van der Waals surface area contributed by atoms with E-state index in [-0.39, 0.29) is 5.91 Å². The van der Waals surface area contributed by atoms with Crippen LogP contribution in [0, 0.1) is 0 Å². The molecule has 22 heavy (non-hydrogen) atoms. The van der Waals surface area contributed by atoms with Crippen molar-refractivity contribution in [2.75, 3.05) is 17.2 Å². The van der Waals surface area contributed by atoms with Gasteiger partial charge in [-0.3, -0.25) is 14.7 Å².